The molecule has 0 bridgehead atoms. The van der Waals surface area contributed by atoms with Crippen LogP contribution in [0.15, 0.2) is 36.4 Å². The van der Waals surface area contributed by atoms with Gasteiger partial charge in [-0.1, -0.05) is 31.3 Å². The second-order valence-electron chi connectivity index (χ2n) is 8.10. The molecule has 0 spiro atoms. The van der Waals surface area contributed by atoms with Gasteiger partial charge in [-0.2, -0.15) is 0 Å². The van der Waals surface area contributed by atoms with Crippen LogP contribution < -0.4 is 9.64 Å². The molecule has 6 heteroatoms. The molecule has 3 aromatic rings. The molecule has 1 heterocycles. The molecular weight excluding hydrogens is 406 g/mol. The van der Waals surface area contributed by atoms with Crippen LogP contribution in [-0.4, -0.2) is 48.1 Å². The highest BCUT2D eigenvalue weighted by molar-refractivity contribution is 7.22. The van der Waals surface area contributed by atoms with Crippen molar-refractivity contribution in [2.75, 3.05) is 31.1 Å². The van der Waals surface area contributed by atoms with E-state index in [2.05, 4.69) is 44.7 Å². The maximum absolute atomic E-state index is 13.5. The van der Waals surface area contributed by atoms with Crippen LogP contribution >= 0.6 is 11.3 Å². The third-order valence-corrected chi connectivity index (χ3v) is 6.52. The Bertz CT molecular complexity index is 1020. The first kappa shape index (κ1) is 23.2. The van der Waals surface area contributed by atoms with Crippen molar-refractivity contribution in [1.29, 1.82) is 0 Å². The molecule has 0 aliphatic heterocycles. The first-order valence-corrected chi connectivity index (χ1v) is 11.8. The third-order valence-electron chi connectivity index (χ3n) is 5.29. The van der Waals surface area contributed by atoms with Crippen LogP contribution in [0.3, 0.4) is 0 Å². The number of hydrogen-bond donors (Lipinski definition) is 0. The summed E-state index contributed by atoms with van der Waals surface area (Å²) in [5.74, 6) is 0.740. The number of fused-ring (bicyclic) bond motifs is 1. The van der Waals surface area contributed by atoms with E-state index >= 15 is 0 Å². The smallest absolute Gasteiger partial charge is 0.260 e. The summed E-state index contributed by atoms with van der Waals surface area (Å²) in [6.45, 7) is 15.8. The monoisotopic (exact) mass is 439 g/mol. The predicted octanol–water partition coefficient (Wildman–Crippen LogP) is 5.69. The topological polar surface area (TPSA) is 45.7 Å². The normalized spacial score (nSPS) is 11.5. The molecule has 1 amide bonds. The van der Waals surface area contributed by atoms with Gasteiger partial charge in [0.25, 0.3) is 5.91 Å². The maximum Gasteiger partial charge on any atom is 0.260 e. The SMILES string of the molecule is CCN(CC)CCN(C(=O)c1ccc(OC(C)C)cc1)c1nc2cc(C)cc(C)c2s1. The molecule has 0 radical (unpaired) electrons. The number of ether oxygens (including phenoxy) is 1. The minimum atomic E-state index is -0.0308. The molecule has 5 nitrogen and oxygen atoms in total. The molecule has 0 aliphatic carbocycles. The van der Waals surface area contributed by atoms with E-state index in [-0.39, 0.29) is 12.0 Å². The second kappa shape index (κ2) is 10.2. The Labute approximate surface area is 189 Å². The molecule has 166 valence electrons. The van der Waals surface area contributed by atoms with Crippen LogP contribution in [0, 0.1) is 13.8 Å². The number of carbonyl (C=O) groups is 1. The predicted molar refractivity (Wildman–Crippen MR) is 131 cm³/mol. The Balaban J connectivity index is 1.94. The minimum absolute atomic E-state index is 0.0308. The number of anilines is 1. The lowest BCUT2D eigenvalue weighted by Crippen LogP contribution is -2.38. The van der Waals surface area contributed by atoms with E-state index in [4.69, 9.17) is 9.72 Å². The summed E-state index contributed by atoms with van der Waals surface area (Å²) in [6.07, 6.45) is 0.0987. The molecule has 0 unspecified atom stereocenters. The first-order chi connectivity index (χ1) is 14.8. The largest absolute Gasteiger partial charge is 0.491 e. The highest BCUT2D eigenvalue weighted by Crippen LogP contribution is 2.33. The lowest BCUT2D eigenvalue weighted by Gasteiger charge is -2.24. The fraction of sp³-hybridized carbons (Fsp3) is 0.440. The Morgan fingerprint density at radius 2 is 1.74 bits per heavy atom. The molecule has 2 aromatic carbocycles. The van der Waals surface area contributed by atoms with Gasteiger partial charge in [0.1, 0.15) is 5.75 Å². The average Bonchev–Trinajstić information content (AvgIpc) is 3.15. The zero-order valence-electron chi connectivity index (χ0n) is 19.4. The minimum Gasteiger partial charge on any atom is -0.491 e. The molecule has 0 fully saturated rings. The Morgan fingerprint density at radius 1 is 1.06 bits per heavy atom. The highest BCUT2D eigenvalue weighted by Gasteiger charge is 2.22. The molecule has 31 heavy (non-hydrogen) atoms. The third kappa shape index (κ3) is 5.63. The summed E-state index contributed by atoms with van der Waals surface area (Å²) in [5.41, 5.74) is 3.98. The van der Waals surface area contributed by atoms with Gasteiger partial charge in [0.15, 0.2) is 5.13 Å². The fourth-order valence-corrected chi connectivity index (χ4v) is 4.69. The van der Waals surface area contributed by atoms with Gasteiger partial charge in [0.05, 0.1) is 16.3 Å². The van der Waals surface area contributed by atoms with Gasteiger partial charge < -0.3 is 9.64 Å². The van der Waals surface area contributed by atoms with Crippen molar-refractivity contribution in [2.45, 2.75) is 47.6 Å². The summed E-state index contributed by atoms with van der Waals surface area (Å²) in [4.78, 5) is 22.5. The van der Waals surface area contributed by atoms with Crippen molar-refractivity contribution in [3.8, 4) is 5.75 Å². The van der Waals surface area contributed by atoms with Gasteiger partial charge in [0.2, 0.25) is 0 Å². The average molecular weight is 440 g/mol. The lowest BCUT2D eigenvalue weighted by atomic mass is 10.1. The van der Waals surface area contributed by atoms with E-state index in [1.54, 1.807) is 11.3 Å². The van der Waals surface area contributed by atoms with Gasteiger partial charge in [-0.25, -0.2) is 4.98 Å². The van der Waals surface area contributed by atoms with Crippen molar-refractivity contribution in [1.82, 2.24) is 9.88 Å². The zero-order valence-corrected chi connectivity index (χ0v) is 20.3. The summed E-state index contributed by atoms with van der Waals surface area (Å²) in [5, 5.41) is 0.753. The summed E-state index contributed by atoms with van der Waals surface area (Å²) < 4.78 is 6.87. The Morgan fingerprint density at radius 3 is 2.35 bits per heavy atom. The molecule has 0 N–H and O–H groups in total. The number of rotatable bonds is 9. The molecule has 0 saturated carbocycles. The molecule has 1 aromatic heterocycles. The summed E-state index contributed by atoms with van der Waals surface area (Å²) >= 11 is 1.59. The maximum atomic E-state index is 13.5. The van der Waals surface area contributed by atoms with E-state index in [0.29, 0.717) is 12.1 Å². The van der Waals surface area contributed by atoms with Crippen LogP contribution in [0.4, 0.5) is 5.13 Å². The molecule has 0 saturated heterocycles. The lowest BCUT2D eigenvalue weighted by molar-refractivity contribution is 0.0983. The first-order valence-electron chi connectivity index (χ1n) is 11.0. The number of nitrogens with zero attached hydrogens (tertiary/aromatic N) is 3. The highest BCUT2D eigenvalue weighted by atomic mass is 32.1. The van der Waals surface area contributed by atoms with Crippen molar-refractivity contribution < 1.29 is 9.53 Å². The van der Waals surface area contributed by atoms with Gasteiger partial charge >= 0.3 is 0 Å². The molecule has 0 atom stereocenters. The van der Waals surface area contributed by atoms with Crippen molar-refractivity contribution in [3.05, 3.63) is 53.1 Å². The quantitative estimate of drug-likeness (QED) is 0.430. The van der Waals surface area contributed by atoms with Crippen LogP contribution in [0.1, 0.15) is 49.2 Å². The van der Waals surface area contributed by atoms with E-state index < -0.39 is 0 Å². The Kier molecular flexibility index (Phi) is 7.68. The fourth-order valence-electron chi connectivity index (χ4n) is 3.65. The van der Waals surface area contributed by atoms with E-state index in [0.717, 1.165) is 40.7 Å². The number of amides is 1. The van der Waals surface area contributed by atoms with Crippen molar-refractivity contribution >= 4 is 32.6 Å². The number of benzene rings is 2. The number of aromatic nitrogens is 1. The van der Waals surface area contributed by atoms with Crippen LogP contribution in [-0.2, 0) is 0 Å². The van der Waals surface area contributed by atoms with Crippen molar-refractivity contribution in [3.63, 3.8) is 0 Å². The van der Waals surface area contributed by atoms with Gasteiger partial charge in [0, 0.05) is 18.7 Å². The van der Waals surface area contributed by atoms with Crippen LogP contribution in [0.2, 0.25) is 0 Å². The van der Waals surface area contributed by atoms with E-state index in [1.807, 2.05) is 43.0 Å². The number of carbonyl (C=O) groups excluding carboxylic acids is 1. The van der Waals surface area contributed by atoms with Gasteiger partial charge in [-0.15, -0.1) is 0 Å². The summed E-state index contributed by atoms with van der Waals surface area (Å²) in [7, 11) is 0. The van der Waals surface area contributed by atoms with Gasteiger partial charge in [-0.3, -0.25) is 9.69 Å². The molecular formula is C25H33N3O2S. The second-order valence-corrected chi connectivity index (χ2v) is 9.08. The number of thiazole rings is 1. The Hall–Kier alpha value is -2.44. The zero-order chi connectivity index (χ0) is 22.5. The standard InChI is InChI=1S/C25H33N3O2S/c1-7-27(8-2)13-14-28(24(29)20-9-11-21(12-10-20)30-17(3)4)25-26-22-16-18(5)15-19(6)23(22)31-25/h9-12,15-17H,7-8,13-14H2,1-6H3. The number of aryl methyl sites for hydroxylation is 2. The van der Waals surface area contributed by atoms with Crippen LogP contribution in [0.5, 0.6) is 5.75 Å². The molecule has 3 rings (SSSR count). The van der Waals surface area contributed by atoms with Crippen LogP contribution in [0.25, 0.3) is 10.2 Å². The summed E-state index contributed by atoms with van der Waals surface area (Å²) in [6, 6.07) is 11.7. The van der Waals surface area contributed by atoms with E-state index in [9.17, 15) is 4.79 Å². The number of hydrogen-bond acceptors (Lipinski definition) is 5. The van der Waals surface area contributed by atoms with Gasteiger partial charge in [-0.05, 0) is 82.2 Å². The van der Waals surface area contributed by atoms with Crippen molar-refractivity contribution in [2.24, 2.45) is 0 Å². The molecule has 0 aliphatic rings. The number of likely N-dealkylation sites (N-methyl/N-ethyl adjacent to an activating group) is 1. The van der Waals surface area contributed by atoms with E-state index in [1.165, 1.54) is 11.1 Å².